The van der Waals surface area contributed by atoms with Gasteiger partial charge in [0, 0.05) is 31.5 Å². The molecule has 0 aliphatic heterocycles. The molecule has 1 aliphatic carbocycles. The lowest BCUT2D eigenvalue weighted by atomic mass is 9.87. The highest BCUT2D eigenvalue weighted by Gasteiger charge is 2.40. The molecule has 3 atom stereocenters. The van der Waals surface area contributed by atoms with Crippen molar-refractivity contribution in [2.24, 2.45) is 0 Å². The van der Waals surface area contributed by atoms with E-state index in [1.54, 1.807) is 31.2 Å². The fraction of sp³-hybridized carbons (Fsp3) is 0.429. The largest absolute Gasteiger partial charge is 0.493 e. The number of nitrogens with one attached hydrogen (secondary N) is 1. The number of aliphatic hydroxyl groups excluding tert-OH is 3. The molecular formula is C28H34FIN2O7. The van der Waals surface area contributed by atoms with Gasteiger partial charge >= 0.3 is 0 Å². The van der Waals surface area contributed by atoms with Crippen LogP contribution in [0.15, 0.2) is 48.0 Å². The number of carbonyl (C=O) groups is 2. The Hall–Kier alpha value is -2.74. The minimum atomic E-state index is -1.21. The van der Waals surface area contributed by atoms with Gasteiger partial charge in [0.15, 0.2) is 11.5 Å². The van der Waals surface area contributed by atoms with E-state index < -0.39 is 24.2 Å². The first-order valence-corrected chi connectivity index (χ1v) is 13.8. The second kappa shape index (κ2) is 14.6. The Morgan fingerprint density at radius 3 is 2.62 bits per heavy atom. The average molecular weight is 656 g/mol. The summed E-state index contributed by atoms with van der Waals surface area (Å²) in [6.45, 7) is 1.50. The highest BCUT2D eigenvalue weighted by molar-refractivity contribution is 14.1. The van der Waals surface area contributed by atoms with Crippen LogP contribution in [0.2, 0.25) is 0 Å². The van der Waals surface area contributed by atoms with Crippen molar-refractivity contribution in [3.8, 4) is 11.5 Å². The summed E-state index contributed by atoms with van der Waals surface area (Å²) in [6.07, 6.45) is -0.137. The van der Waals surface area contributed by atoms with Crippen LogP contribution in [0.25, 0.3) is 0 Å². The predicted octanol–water partition coefficient (Wildman–Crippen LogP) is 2.33. The molecule has 0 radical (unpaired) electrons. The molecule has 2 amide bonds. The van der Waals surface area contributed by atoms with Gasteiger partial charge in [0.1, 0.15) is 18.0 Å². The summed E-state index contributed by atoms with van der Waals surface area (Å²) in [5.41, 5.74) is 1.61. The second-order valence-electron chi connectivity index (χ2n) is 9.10. The lowest BCUT2D eigenvalue weighted by Crippen LogP contribution is -2.55. The number of nitrogens with zero attached hydrogens (tertiary/aromatic N) is 1. The van der Waals surface area contributed by atoms with Crippen molar-refractivity contribution in [3.05, 3.63) is 68.6 Å². The fourth-order valence-corrected chi connectivity index (χ4v) is 5.31. The summed E-state index contributed by atoms with van der Waals surface area (Å²) >= 11 is 2.04. The molecule has 4 N–H and O–H groups in total. The predicted molar refractivity (Wildman–Crippen MR) is 151 cm³/mol. The van der Waals surface area contributed by atoms with Crippen LogP contribution in [-0.4, -0.2) is 77.1 Å². The van der Waals surface area contributed by atoms with E-state index in [4.69, 9.17) is 14.6 Å². The van der Waals surface area contributed by atoms with Gasteiger partial charge in [-0.3, -0.25) is 9.59 Å². The maximum Gasteiger partial charge on any atom is 0.247 e. The molecule has 0 bridgehead atoms. The molecule has 11 heteroatoms. The van der Waals surface area contributed by atoms with Gasteiger partial charge in [-0.1, -0.05) is 19.1 Å². The van der Waals surface area contributed by atoms with Gasteiger partial charge in [-0.15, -0.1) is 0 Å². The lowest BCUT2D eigenvalue weighted by Gasteiger charge is -2.40. The van der Waals surface area contributed by atoms with Crippen LogP contribution in [0, 0.1) is 9.39 Å². The fourth-order valence-electron chi connectivity index (χ4n) is 4.52. The molecule has 0 spiro atoms. The van der Waals surface area contributed by atoms with Crippen LogP contribution in [-0.2, 0) is 22.6 Å². The molecule has 0 heterocycles. The Bertz CT molecular complexity index is 1190. The zero-order valence-corrected chi connectivity index (χ0v) is 24.1. The quantitative estimate of drug-likeness (QED) is 0.259. The summed E-state index contributed by atoms with van der Waals surface area (Å²) in [5, 5.41) is 32.8. The van der Waals surface area contributed by atoms with E-state index in [1.807, 2.05) is 22.6 Å². The first-order valence-electron chi connectivity index (χ1n) is 12.7. The molecule has 0 unspecified atom stereocenters. The highest BCUT2D eigenvalue weighted by Crippen LogP contribution is 2.37. The maximum atomic E-state index is 13.7. The third-order valence-corrected chi connectivity index (χ3v) is 7.29. The summed E-state index contributed by atoms with van der Waals surface area (Å²) in [4.78, 5) is 27.5. The molecule has 212 valence electrons. The summed E-state index contributed by atoms with van der Waals surface area (Å²) in [7, 11) is 1.46. The van der Waals surface area contributed by atoms with Crippen molar-refractivity contribution in [1.29, 1.82) is 0 Å². The number of methoxy groups -OCH3 is 1. The van der Waals surface area contributed by atoms with Gasteiger partial charge in [-0.25, -0.2) is 4.39 Å². The molecule has 0 aromatic heterocycles. The molecule has 39 heavy (non-hydrogen) atoms. The van der Waals surface area contributed by atoms with E-state index >= 15 is 0 Å². The SMILES string of the molecule is CCC(=O)N(CCc1cccc(F)c1)[C@@H]1CC(C(=O)NCCO)=C[C@H](Oc2c(I)cc(CO)cc2OC)[C@H]1O. The van der Waals surface area contributed by atoms with Crippen molar-refractivity contribution >= 4 is 34.4 Å². The number of amides is 2. The number of rotatable bonds is 12. The Kier molecular flexibility index (Phi) is 11.5. The van der Waals surface area contributed by atoms with E-state index in [9.17, 15) is 24.2 Å². The molecule has 0 saturated heterocycles. The van der Waals surface area contributed by atoms with Gasteiger partial charge in [-0.05, 0) is 70.5 Å². The Morgan fingerprint density at radius 1 is 1.21 bits per heavy atom. The van der Waals surface area contributed by atoms with Crippen LogP contribution >= 0.6 is 22.6 Å². The molecular weight excluding hydrogens is 622 g/mol. The van der Waals surface area contributed by atoms with Gasteiger partial charge in [0.05, 0.1) is 29.9 Å². The second-order valence-corrected chi connectivity index (χ2v) is 10.3. The standard InChI is InChI=1S/C28H34FIN2O7/c1-3-25(35)32(9-7-17-5-4-6-20(29)11-17)22-14-19(28(37)31-8-10-33)15-23(26(22)36)39-27-21(30)12-18(16-34)13-24(27)38-2/h4-6,11-13,15,22-23,26,33-34,36H,3,7-10,14,16H2,1-2H3,(H,31,37)/t22-,23+,26+/m1/s1. The number of hydrogen-bond acceptors (Lipinski definition) is 7. The summed E-state index contributed by atoms with van der Waals surface area (Å²) < 4.78 is 26.0. The van der Waals surface area contributed by atoms with E-state index in [-0.39, 0.29) is 50.9 Å². The number of benzene rings is 2. The zero-order chi connectivity index (χ0) is 28.5. The molecule has 2 aromatic rings. The Balaban J connectivity index is 1.97. The molecule has 1 aliphatic rings. The van der Waals surface area contributed by atoms with E-state index in [1.165, 1.54) is 30.2 Å². The number of aliphatic hydroxyl groups is 3. The summed E-state index contributed by atoms with van der Waals surface area (Å²) in [5.74, 6) is -0.396. The van der Waals surface area contributed by atoms with Crippen LogP contribution in [0.3, 0.4) is 0 Å². The molecule has 3 rings (SSSR count). The monoisotopic (exact) mass is 656 g/mol. The summed E-state index contributed by atoms with van der Waals surface area (Å²) in [6, 6.07) is 8.63. The number of ether oxygens (including phenoxy) is 2. The highest BCUT2D eigenvalue weighted by atomic mass is 127. The van der Waals surface area contributed by atoms with Crippen LogP contribution in [0.1, 0.15) is 30.9 Å². The van der Waals surface area contributed by atoms with Crippen LogP contribution in [0.5, 0.6) is 11.5 Å². The van der Waals surface area contributed by atoms with Crippen LogP contribution in [0.4, 0.5) is 4.39 Å². The topological polar surface area (TPSA) is 129 Å². The van der Waals surface area contributed by atoms with Crippen molar-refractivity contribution in [2.75, 3.05) is 26.8 Å². The Morgan fingerprint density at radius 2 is 1.97 bits per heavy atom. The molecule has 0 saturated carbocycles. The average Bonchev–Trinajstić information content (AvgIpc) is 2.93. The third kappa shape index (κ3) is 7.90. The van der Waals surface area contributed by atoms with Crippen molar-refractivity contribution < 1.29 is 38.8 Å². The first kappa shape index (κ1) is 30.8. The zero-order valence-electron chi connectivity index (χ0n) is 21.9. The van der Waals surface area contributed by atoms with Crippen molar-refractivity contribution in [1.82, 2.24) is 10.2 Å². The maximum absolute atomic E-state index is 13.7. The minimum Gasteiger partial charge on any atom is -0.493 e. The number of carbonyl (C=O) groups excluding carboxylic acids is 2. The smallest absolute Gasteiger partial charge is 0.247 e. The molecule has 0 fully saturated rings. The third-order valence-electron chi connectivity index (χ3n) is 6.49. The van der Waals surface area contributed by atoms with E-state index in [2.05, 4.69) is 5.32 Å². The normalized spacial score (nSPS) is 18.7. The van der Waals surface area contributed by atoms with Crippen LogP contribution < -0.4 is 14.8 Å². The van der Waals surface area contributed by atoms with Gasteiger partial charge in [0.2, 0.25) is 11.8 Å². The minimum absolute atomic E-state index is 0.0421. The number of halogens is 2. The van der Waals surface area contributed by atoms with E-state index in [0.29, 0.717) is 38.2 Å². The van der Waals surface area contributed by atoms with Crippen molar-refractivity contribution in [3.63, 3.8) is 0 Å². The first-order chi connectivity index (χ1) is 18.7. The van der Waals surface area contributed by atoms with Gasteiger partial charge in [-0.2, -0.15) is 0 Å². The lowest BCUT2D eigenvalue weighted by molar-refractivity contribution is -0.138. The van der Waals surface area contributed by atoms with Crippen molar-refractivity contribution in [2.45, 2.75) is 51.0 Å². The number of hydrogen-bond donors (Lipinski definition) is 4. The van der Waals surface area contributed by atoms with Gasteiger partial charge in [0.25, 0.3) is 0 Å². The molecule has 2 aromatic carbocycles. The van der Waals surface area contributed by atoms with Gasteiger partial charge < -0.3 is 35.0 Å². The van der Waals surface area contributed by atoms with E-state index in [0.717, 1.165) is 0 Å². The Labute approximate surface area is 240 Å². The molecule has 9 nitrogen and oxygen atoms in total.